The lowest BCUT2D eigenvalue weighted by Crippen LogP contribution is -2.61. The maximum atomic E-state index is 12.8. The van der Waals surface area contributed by atoms with Gasteiger partial charge in [-0.15, -0.1) is 6.58 Å². The van der Waals surface area contributed by atoms with Gasteiger partial charge >= 0.3 is 0 Å². The molecule has 0 radical (unpaired) electrons. The van der Waals surface area contributed by atoms with E-state index in [1.165, 1.54) is 0 Å². The van der Waals surface area contributed by atoms with Gasteiger partial charge in [0.05, 0.1) is 11.5 Å². The van der Waals surface area contributed by atoms with Crippen molar-refractivity contribution in [3.8, 4) is 0 Å². The third kappa shape index (κ3) is 1.53. The quantitative estimate of drug-likeness (QED) is 0.593. The summed E-state index contributed by atoms with van der Waals surface area (Å²) < 4.78 is 6.08. The topological polar surface area (TPSA) is 66.9 Å². The van der Waals surface area contributed by atoms with Crippen molar-refractivity contribution in [1.29, 1.82) is 0 Å². The smallest absolute Gasteiger partial charge is 0.168 e. The van der Waals surface area contributed by atoms with Gasteiger partial charge in [-0.1, -0.05) is 26.8 Å². The summed E-state index contributed by atoms with van der Waals surface area (Å²) in [5.74, 6) is 0.306. The number of rotatable bonds is 1. The Kier molecular flexibility index (Phi) is 2.89. The largest absolute Gasteiger partial charge is 0.388 e. The van der Waals surface area contributed by atoms with Gasteiger partial charge < -0.3 is 9.84 Å². The van der Waals surface area contributed by atoms with Crippen molar-refractivity contribution in [3.63, 3.8) is 0 Å². The van der Waals surface area contributed by atoms with Gasteiger partial charge in [0.1, 0.15) is 17.5 Å². The summed E-state index contributed by atoms with van der Waals surface area (Å²) in [6, 6.07) is 0. The molecule has 4 aliphatic rings. The Hall–Kier alpha value is -1.26. The fourth-order valence-electron chi connectivity index (χ4n) is 5.80. The number of hydrogen-bond acceptors (Lipinski definition) is 4. The van der Waals surface area contributed by atoms with Crippen LogP contribution in [0.3, 0.4) is 0 Å². The number of Topliss-reactive ketones (excluding diaryl/α,β-unsaturated/α-hetero) is 1. The Morgan fingerprint density at radius 2 is 1.96 bits per heavy atom. The summed E-state index contributed by atoms with van der Waals surface area (Å²) in [6.45, 7) is 11.7. The summed E-state index contributed by atoms with van der Waals surface area (Å²) in [6.07, 6.45) is 4.20. The molecule has 1 spiro atoms. The van der Waals surface area contributed by atoms with Gasteiger partial charge in [0.25, 0.3) is 0 Å². The molecule has 3 fully saturated rings. The molecule has 0 amide bonds. The summed E-state index contributed by atoms with van der Waals surface area (Å²) in [5, 5.41) is 11.1. The van der Waals surface area contributed by atoms with E-state index < -0.39 is 22.5 Å². The number of aliphatic hydroxyl groups excluding tert-OH is 1. The lowest BCUT2D eigenvalue weighted by molar-refractivity contribution is -0.141. The van der Waals surface area contributed by atoms with Crippen LogP contribution in [0.4, 0.5) is 0 Å². The normalized spacial score (nSPS) is 51.9. The molecule has 4 rings (SSSR count). The lowest BCUT2D eigenvalue weighted by Gasteiger charge is -2.56. The first-order valence-corrected chi connectivity index (χ1v) is 8.85. The molecule has 1 saturated heterocycles. The predicted molar refractivity (Wildman–Crippen MR) is 89.2 cm³/mol. The lowest BCUT2D eigenvalue weighted by atomic mass is 9.45. The van der Waals surface area contributed by atoms with Crippen LogP contribution < -0.4 is 0 Å². The molecule has 1 N–H and O–H groups in total. The highest BCUT2D eigenvalue weighted by molar-refractivity contribution is 6.00. The van der Waals surface area contributed by atoms with E-state index in [4.69, 9.17) is 4.74 Å². The molecule has 0 unspecified atom stereocenters. The maximum absolute atomic E-state index is 12.8. The Balaban J connectivity index is 1.89. The van der Waals surface area contributed by atoms with Crippen LogP contribution in [0.1, 0.15) is 47.0 Å². The molecule has 1 aliphatic heterocycles. The van der Waals surface area contributed by atoms with E-state index in [9.17, 15) is 14.7 Å². The minimum atomic E-state index is -1.01. The van der Waals surface area contributed by atoms with Crippen LogP contribution >= 0.6 is 0 Å². The molecule has 0 aromatic carbocycles. The summed E-state index contributed by atoms with van der Waals surface area (Å²) in [7, 11) is 0. The second-order valence-electron chi connectivity index (χ2n) is 9.06. The van der Waals surface area contributed by atoms with E-state index in [-0.39, 0.29) is 29.0 Å². The van der Waals surface area contributed by atoms with Crippen molar-refractivity contribution in [2.24, 2.45) is 22.2 Å². The van der Waals surface area contributed by atoms with Gasteiger partial charge in [-0.3, -0.25) is 9.59 Å². The molecule has 2 saturated carbocycles. The second kappa shape index (κ2) is 4.28. The van der Waals surface area contributed by atoms with Crippen molar-refractivity contribution in [2.45, 2.75) is 64.8 Å². The van der Waals surface area contributed by atoms with Gasteiger partial charge in [-0.2, -0.15) is 0 Å². The van der Waals surface area contributed by atoms with Crippen molar-refractivity contribution in [3.05, 3.63) is 24.3 Å². The Labute approximate surface area is 143 Å². The zero-order valence-corrected chi connectivity index (χ0v) is 14.9. The van der Waals surface area contributed by atoms with Gasteiger partial charge in [-0.25, -0.2) is 0 Å². The number of aliphatic hydroxyl groups is 1. The van der Waals surface area contributed by atoms with Crippen LogP contribution in [0.5, 0.6) is 0 Å². The number of ether oxygens (including phenoxy) is 1. The predicted octanol–water partition coefficient (Wildman–Crippen LogP) is 2.60. The standard InChI is InChI=1S/C20H26O4/c1-6-18(4)14(22)9-12-19(5)8-7-13(21)17(2,3)11(19)10-15-20(12,24-15)16(18)23/h6,9,11,15-16,23H,1,7-8,10H2,2-5H3/t11-,15-,16-,18+,19-,20+/m1/s1. The summed E-state index contributed by atoms with van der Waals surface area (Å²) >= 11 is 0. The number of hydrogen-bond donors (Lipinski definition) is 1. The molecule has 3 aliphatic carbocycles. The number of carbonyl (C=O) groups is 2. The highest BCUT2D eigenvalue weighted by Crippen LogP contribution is 2.70. The van der Waals surface area contributed by atoms with Gasteiger partial charge in [-0.05, 0) is 42.7 Å². The van der Waals surface area contributed by atoms with Crippen molar-refractivity contribution < 1.29 is 19.4 Å². The monoisotopic (exact) mass is 330 g/mol. The second-order valence-corrected chi connectivity index (χ2v) is 9.06. The van der Waals surface area contributed by atoms with Crippen LogP contribution in [0, 0.1) is 22.2 Å². The first-order valence-electron chi connectivity index (χ1n) is 8.85. The SMILES string of the molecule is C=C[C@@]1(C)C(=O)C=C2[C@@]3(O[C@@H]3C[C@@H]3C(C)(C)C(=O)CC[C@@]23C)[C@@H]1O. The van der Waals surface area contributed by atoms with Crippen molar-refractivity contribution in [2.75, 3.05) is 0 Å². The van der Waals surface area contributed by atoms with E-state index in [0.29, 0.717) is 12.8 Å². The maximum Gasteiger partial charge on any atom is 0.168 e. The number of carbonyl (C=O) groups excluding carboxylic acids is 2. The van der Waals surface area contributed by atoms with E-state index in [0.717, 1.165) is 12.0 Å². The molecule has 4 nitrogen and oxygen atoms in total. The zero-order chi connectivity index (χ0) is 17.7. The molecule has 130 valence electrons. The van der Waals surface area contributed by atoms with E-state index in [2.05, 4.69) is 13.5 Å². The molecule has 6 atom stereocenters. The van der Waals surface area contributed by atoms with Crippen LogP contribution in [0.25, 0.3) is 0 Å². The minimum absolute atomic E-state index is 0.114. The third-order valence-corrected chi connectivity index (χ3v) is 7.68. The molecular weight excluding hydrogens is 304 g/mol. The van der Waals surface area contributed by atoms with Crippen LogP contribution in [-0.4, -0.2) is 34.5 Å². The minimum Gasteiger partial charge on any atom is -0.388 e. The number of ketones is 2. The van der Waals surface area contributed by atoms with Crippen LogP contribution in [0.2, 0.25) is 0 Å². The fraction of sp³-hybridized carbons (Fsp3) is 0.700. The average molecular weight is 330 g/mol. The third-order valence-electron chi connectivity index (χ3n) is 7.68. The van der Waals surface area contributed by atoms with Crippen LogP contribution in [-0.2, 0) is 14.3 Å². The molecule has 1 heterocycles. The number of fused-ring (bicyclic) bond motifs is 2. The van der Waals surface area contributed by atoms with Gasteiger partial charge in [0.15, 0.2) is 5.78 Å². The Morgan fingerprint density at radius 3 is 2.58 bits per heavy atom. The average Bonchev–Trinajstić information content (AvgIpc) is 3.25. The molecular formula is C20H26O4. The Morgan fingerprint density at radius 1 is 1.29 bits per heavy atom. The molecule has 4 heteroatoms. The first-order chi connectivity index (χ1) is 11.0. The van der Waals surface area contributed by atoms with E-state index in [1.807, 2.05) is 13.8 Å². The highest BCUT2D eigenvalue weighted by atomic mass is 16.6. The summed E-state index contributed by atoms with van der Waals surface area (Å²) in [5.41, 5.74) is -1.59. The number of epoxide rings is 1. The molecule has 24 heavy (non-hydrogen) atoms. The van der Waals surface area contributed by atoms with E-state index >= 15 is 0 Å². The Bertz CT molecular complexity index is 704. The summed E-state index contributed by atoms with van der Waals surface area (Å²) in [4.78, 5) is 25.3. The van der Waals surface area contributed by atoms with Gasteiger partial charge in [0.2, 0.25) is 0 Å². The zero-order valence-electron chi connectivity index (χ0n) is 14.9. The molecule has 0 aromatic rings. The van der Waals surface area contributed by atoms with Crippen molar-refractivity contribution in [1.82, 2.24) is 0 Å². The molecule has 0 bridgehead atoms. The molecule has 0 aromatic heterocycles. The van der Waals surface area contributed by atoms with Crippen molar-refractivity contribution >= 4 is 11.6 Å². The van der Waals surface area contributed by atoms with E-state index in [1.54, 1.807) is 19.1 Å². The fourth-order valence-corrected chi connectivity index (χ4v) is 5.80. The number of allylic oxidation sites excluding steroid dienone is 1. The first kappa shape index (κ1) is 16.2. The highest BCUT2D eigenvalue weighted by Gasteiger charge is 2.77. The van der Waals surface area contributed by atoms with Gasteiger partial charge in [0, 0.05) is 11.8 Å². The van der Waals surface area contributed by atoms with Crippen LogP contribution in [0.15, 0.2) is 24.3 Å².